The molecule has 0 saturated heterocycles. The predicted molar refractivity (Wildman–Crippen MR) is 107 cm³/mol. The largest absolute Gasteiger partial charge is 0.497 e. The van der Waals surface area contributed by atoms with Crippen LogP contribution in [0.3, 0.4) is 0 Å². The zero-order valence-corrected chi connectivity index (χ0v) is 17.8. The molecule has 0 saturated carbocycles. The van der Waals surface area contributed by atoms with Crippen LogP contribution in [0.5, 0.6) is 5.75 Å². The Balaban J connectivity index is 1.97. The Kier molecular flexibility index (Phi) is 8.86. The number of halogens is 3. The number of ether oxygens (including phenoxy) is 4. The fourth-order valence-electron chi connectivity index (χ4n) is 2.59. The second-order valence-corrected chi connectivity index (χ2v) is 8.91. The van der Waals surface area contributed by atoms with Gasteiger partial charge in [0.05, 0.1) is 26.4 Å². The number of aliphatic hydroxyl groups is 1. The lowest BCUT2D eigenvalue weighted by Gasteiger charge is -2.32. The van der Waals surface area contributed by atoms with Gasteiger partial charge < -0.3 is 24.1 Å². The number of aliphatic hydroxyl groups excluding tert-OH is 1. The molecule has 1 aliphatic heterocycles. The van der Waals surface area contributed by atoms with Crippen LogP contribution in [0.4, 0.5) is 0 Å². The van der Waals surface area contributed by atoms with Crippen molar-refractivity contribution in [1.29, 1.82) is 0 Å². The minimum absolute atomic E-state index is 0.211. The van der Waals surface area contributed by atoms with Crippen LogP contribution in [0.15, 0.2) is 36.4 Å². The normalized spacial score (nSPS) is 23.3. The van der Waals surface area contributed by atoms with Crippen LogP contribution in [-0.2, 0) is 25.6 Å². The van der Waals surface area contributed by atoms with Gasteiger partial charge in [-0.2, -0.15) is 0 Å². The average molecular weight is 454 g/mol. The van der Waals surface area contributed by atoms with Crippen molar-refractivity contribution in [2.45, 2.75) is 35.6 Å². The summed E-state index contributed by atoms with van der Waals surface area (Å²) in [6.45, 7) is 1.73. The first-order valence-corrected chi connectivity index (χ1v) is 9.79. The van der Waals surface area contributed by atoms with Gasteiger partial charge in [-0.1, -0.05) is 59.1 Å². The number of carbonyl (C=O) groups is 1. The molecule has 9 heteroatoms. The lowest BCUT2D eigenvalue weighted by atomic mass is 9.97. The highest BCUT2D eigenvalue weighted by Gasteiger charge is 2.37. The van der Waals surface area contributed by atoms with E-state index in [9.17, 15) is 9.90 Å². The fourth-order valence-corrected chi connectivity index (χ4v) is 2.75. The van der Waals surface area contributed by atoms with Gasteiger partial charge in [0.1, 0.15) is 18.5 Å². The summed E-state index contributed by atoms with van der Waals surface area (Å²) in [5.41, 5.74) is 0.957. The maximum Gasteiger partial charge on any atom is 0.336 e. The Hall–Kier alpha value is -1.02. The van der Waals surface area contributed by atoms with E-state index < -0.39 is 40.6 Å². The van der Waals surface area contributed by atoms with Gasteiger partial charge in [0, 0.05) is 5.92 Å². The van der Waals surface area contributed by atoms with E-state index in [0.717, 1.165) is 11.3 Å². The summed E-state index contributed by atoms with van der Waals surface area (Å²) < 4.78 is 19.9. The summed E-state index contributed by atoms with van der Waals surface area (Å²) in [5, 5.41) is 9.76. The molecule has 4 atom stereocenters. The number of rotatable bonds is 8. The summed E-state index contributed by atoms with van der Waals surface area (Å²) in [7, 11) is 1.60. The molecule has 156 valence electrons. The Morgan fingerprint density at radius 2 is 1.93 bits per heavy atom. The maximum atomic E-state index is 12.4. The second kappa shape index (κ2) is 10.7. The molecule has 6 nitrogen and oxygen atoms in total. The number of hydrogen-bond acceptors (Lipinski definition) is 6. The summed E-state index contributed by atoms with van der Waals surface area (Å²) in [5.74, 6) is -0.330. The Bertz CT molecular complexity index is 657. The molecule has 0 unspecified atom stereocenters. The number of methoxy groups -OCH3 is 1. The van der Waals surface area contributed by atoms with E-state index >= 15 is 0 Å². The molecule has 0 spiro atoms. The third-order valence-corrected chi connectivity index (χ3v) is 4.39. The molecular weight excluding hydrogens is 431 g/mol. The third-order valence-electron chi connectivity index (χ3n) is 4.06. The highest BCUT2D eigenvalue weighted by atomic mass is 35.6. The molecule has 1 aromatic rings. The molecule has 28 heavy (non-hydrogen) atoms. The van der Waals surface area contributed by atoms with E-state index in [4.69, 9.17) is 53.8 Å². The van der Waals surface area contributed by atoms with Gasteiger partial charge >= 0.3 is 5.97 Å². The van der Waals surface area contributed by atoms with Crippen molar-refractivity contribution < 1.29 is 28.8 Å². The van der Waals surface area contributed by atoms with Crippen LogP contribution in [0.2, 0.25) is 0 Å². The van der Waals surface area contributed by atoms with E-state index in [0.29, 0.717) is 6.61 Å². The van der Waals surface area contributed by atoms with Crippen molar-refractivity contribution in [3.8, 4) is 5.75 Å². The molecule has 1 heterocycles. The topological polar surface area (TPSA) is 74.2 Å². The highest BCUT2D eigenvalue weighted by molar-refractivity contribution is 6.67. The van der Waals surface area contributed by atoms with Gasteiger partial charge in [-0.25, -0.2) is 4.79 Å². The Morgan fingerprint density at radius 1 is 1.25 bits per heavy atom. The van der Waals surface area contributed by atoms with Crippen molar-refractivity contribution in [3.63, 3.8) is 0 Å². The van der Waals surface area contributed by atoms with E-state index in [-0.39, 0.29) is 6.61 Å². The zero-order chi connectivity index (χ0) is 20.7. The van der Waals surface area contributed by atoms with E-state index in [1.54, 1.807) is 26.2 Å². The van der Waals surface area contributed by atoms with Crippen LogP contribution in [0.1, 0.15) is 12.5 Å². The molecule has 0 amide bonds. The Morgan fingerprint density at radius 3 is 2.50 bits per heavy atom. The first-order chi connectivity index (χ1) is 13.2. The third kappa shape index (κ3) is 7.43. The number of benzene rings is 1. The molecule has 2 rings (SSSR count). The van der Waals surface area contributed by atoms with Crippen molar-refractivity contribution in [3.05, 3.63) is 42.0 Å². The predicted octanol–water partition coefficient (Wildman–Crippen LogP) is 3.45. The van der Waals surface area contributed by atoms with Gasteiger partial charge in [-0.3, -0.25) is 0 Å². The first-order valence-electron chi connectivity index (χ1n) is 8.65. The smallest absolute Gasteiger partial charge is 0.336 e. The maximum absolute atomic E-state index is 12.4. The van der Waals surface area contributed by atoms with Crippen molar-refractivity contribution in [1.82, 2.24) is 0 Å². The number of esters is 1. The average Bonchev–Trinajstić information content (AvgIpc) is 2.66. The monoisotopic (exact) mass is 452 g/mol. The molecular formula is C19H23Cl3O6. The molecule has 1 N–H and O–H groups in total. The van der Waals surface area contributed by atoms with Gasteiger partial charge in [0.15, 0.2) is 6.10 Å². The summed E-state index contributed by atoms with van der Waals surface area (Å²) in [6.07, 6.45) is 1.07. The standard InChI is InChI=1S/C19H23Cl3O6/c1-12(23)16-8-5-14(17(28-16)18(24)27-11-19(20,21)22)10-26-9-13-3-6-15(25-2)7-4-13/h3-8,12,14,16-17,23H,9-11H2,1-2H3/t12-,14-,16+,17-/m0/s1. The molecule has 1 aromatic carbocycles. The molecule has 0 radical (unpaired) electrons. The molecule has 0 aromatic heterocycles. The molecule has 1 aliphatic rings. The Labute approximate surface area is 179 Å². The van der Waals surface area contributed by atoms with Crippen molar-refractivity contribution in [2.24, 2.45) is 5.92 Å². The minimum atomic E-state index is -1.72. The van der Waals surface area contributed by atoms with E-state index in [1.807, 2.05) is 24.3 Å². The highest BCUT2D eigenvalue weighted by Crippen LogP contribution is 2.28. The molecule has 0 bridgehead atoms. The van der Waals surface area contributed by atoms with Gasteiger partial charge in [0.2, 0.25) is 3.79 Å². The zero-order valence-electron chi connectivity index (χ0n) is 15.5. The van der Waals surface area contributed by atoms with Crippen LogP contribution in [-0.4, -0.2) is 53.5 Å². The van der Waals surface area contributed by atoms with Crippen LogP contribution < -0.4 is 4.74 Å². The summed E-state index contributed by atoms with van der Waals surface area (Å²) in [6, 6.07) is 7.46. The lowest BCUT2D eigenvalue weighted by molar-refractivity contribution is -0.169. The first kappa shape index (κ1) is 23.3. The second-order valence-electron chi connectivity index (χ2n) is 6.40. The van der Waals surface area contributed by atoms with Gasteiger partial charge in [-0.15, -0.1) is 0 Å². The molecule has 0 aliphatic carbocycles. The minimum Gasteiger partial charge on any atom is -0.497 e. The number of carbonyl (C=O) groups excluding carboxylic acids is 1. The van der Waals surface area contributed by atoms with Gasteiger partial charge in [0.25, 0.3) is 0 Å². The lowest BCUT2D eigenvalue weighted by Crippen LogP contribution is -2.44. The fraction of sp³-hybridized carbons (Fsp3) is 0.526. The molecule has 0 fully saturated rings. The quantitative estimate of drug-likeness (QED) is 0.369. The van der Waals surface area contributed by atoms with Gasteiger partial charge in [-0.05, 0) is 24.6 Å². The number of alkyl halides is 3. The number of hydrogen-bond donors (Lipinski definition) is 1. The SMILES string of the molecule is COc1ccc(COC[C@@H]2C=C[C@H]([C@H](C)O)O[C@@H]2C(=O)OCC(Cl)(Cl)Cl)cc1. The van der Waals surface area contributed by atoms with E-state index in [2.05, 4.69) is 0 Å². The van der Waals surface area contributed by atoms with Crippen LogP contribution >= 0.6 is 34.8 Å². The summed E-state index contributed by atoms with van der Waals surface area (Å²) in [4.78, 5) is 12.4. The van der Waals surface area contributed by atoms with Crippen LogP contribution in [0.25, 0.3) is 0 Å². The van der Waals surface area contributed by atoms with E-state index in [1.165, 1.54) is 0 Å². The van der Waals surface area contributed by atoms with Crippen molar-refractivity contribution in [2.75, 3.05) is 20.3 Å². The van der Waals surface area contributed by atoms with Crippen molar-refractivity contribution >= 4 is 40.8 Å². The summed E-state index contributed by atoms with van der Waals surface area (Å²) >= 11 is 16.9. The van der Waals surface area contributed by atoms with Crippen LogP contribution in [0, 0.1) is 5.92 Å².